The zero-order chi connectivity index (χ0) is 28.2. The average molecular weight is 538 g/mol. The minimum atomic E-state index is -1.79. The molecule has 1 unspecified atom stereocenters. The van der Waals surface area contributed by atoms with E-state index in [9.17, 15) is 19.5 Å². The summed E-state index contributed by atoms with van der Waals surface area (Å²) >= 11 is 0. The fraction of sp³-hybridized carbons (Fsp3) is 0.226. The molecule has 9 heteroatoms. The standard InChI is InChI=1S/C20H16N2O4.C11H11NO2/c1-2-20(25)14-8-16-17-12(7-11-5-3-4-6-15(11)21-17)9-22(16)18(23)13(14)10-26-19(20)24;1-7-6-10(13)12-11-8(7)4-3-5-9(11)14-2/h3-8,25H,2,9-10H2,1H3;3-6H,1-2H3,(H,12,13). The first-order valence-electron chi connectivity index (χ1n) is 13.0. The van der Waals surface area contributed by atoms with E-state index < -0.39 is 11.6 Å². The van der Waals surface area contributed by atoms with Gasteiger partial charge in [-0.05, 0) is 43.2 Å². The molecule has 7 rings (SSSR count). The number of hydrogen-bond donors (Lipinski definition) is 2. The Balaban J connectivity index is 0.000000175. The summed E-state index contributed by atoms with van der Waals surface area (Å²) in [4.78, 5) is 43.9. The molecule has 0 aliphatic carbocycles. The molecule has 202 valence electrons. The number of aliphatic hydroxyl groups is 1. The van der Waals surface area contributed by atoms with E-state index in [1.165, 1.54) is 0 Å². The van der Waals surface area contributed by atoms with Crippen LogP contribution in [0.2, 0.25) is 0 Å². The van der Waals surface area contributed by atoms with Gasteiger partial charge in [-0.3, -0.25) is 9.59 Å². The molecular formula is C31H27N3O6. The summed E-state index contributed by atoms with van der Waals surface area (Å²) in [6.07, 6.45) is 0.139. The summed E-state index contributed by atoms with van der Waals surface area (Å²) in [6, 6.07) is 18.8. The normalized spacial score (nSPS) is 16.9. The highest BCUT2D eigenvalue weighted by molar-refractivity contribution is 5.87. The third-order valence-electron chi connectivity index (χ3n) is 7.68. The lowest BCUT2D eigenvalue weighted by molar-refractivity contribution is -0.172. The second-order valence-corrected chi connectivity index (χ2v) is 9.99. The van der Waals surface area contributed by atoms with Crippen LogP contribution < -0.4 is 15.9 Å². The quantitative estimate of drug-likeness (QED) is 0.321. The summed E-state index contributed by atoms with van der Waals surface area (Å²) < 4.78 is 11.9. The van der Waals surface area contributed by atoms with Gasteiger partial charge in [0.05, 0.1) is 41.6 Å². The summed E-state index contributed by atoms with van der Waals surface area (Å²) in [5, 5.41) is 12.9. The predicted octanol–water partition coefficient (Wildman–Crippen LogP) is 3.92. The van der Waals surface area contributed by atoms with Gasteiger partial charge in [-0.25, -0.2) is 9.78 Å². The van der Waals surface area contributed by atoms with E-state index in [0.29, 0.717) is 29.1 Å². The Morgan fingerprint density at radius 1 is 1.10 bits per heavy atom. The maximum atomic E-state index is 13.0. The Labute approximate surface area is 228 Å². The van der Waals surface area contributed by atoms with E-state index >= 15 is 0 Å². The number of carbonyl (C=O) groups excluding carboxylic acids is 1. The molecule has 2 aliphatic heterocycles. The predicted molar refractivity (Wildman–Crippen MR) is 150 cm³/mol. The lowest BCUT2D eigenvalue weighted by atomic mass is 9.86. The first-order valence-corrected chi connectivity index (χ1v) is 13.0. The first kappa shape index (κ1) is 25.5. The Kier molecular flexibility index (Phi) is 6.03. The molecule has 0 spiro atoms. The molecule has 9 nitrogen and oxygen atoms in total. The zero-order valence-corrected chi connectivity index (χ0v) is 22.3. The van der Waals surface area contributed by atoms with Crippen LogP contribution in [0.25, 0.3) is 33.2 Å². The van der Waals surface area contributed by atoms with Gasteiger partial charge in [0.1, 0.15) is 12.4 Å². The number of aromatic nitrogens is 3. The number of H-pyrrole nitrogens is 1. The lowest BCUT2D eigenvalue weighted by Crippen LogP contribution is -2.44. The van der Waals surface area contributed by atoms with E-state index in [-0.39, 0.29) is 24.1 Å². The number of hydrogen-bond acceptors (Lipinski definition) is 7. The third kappa shape index (κ3) is 3.89. The zero-order valence-electron chi connectivity index (χ0n) is 22.3. The number of para-hydroxylation sites is 2. The van der Waals surface area contributed by atoms with Gasteiger partial charge < -0.3 is 24.1 Å². The molecule has 0 radical (unpaired) electrons. The Hall–Kier alpha value is -4.76. The van der Waals surface area contributed by atoms with E-state index in [4.69, 9.17) is 14.5 Å². The van der Waals surface area contributed by atoms with Crippen molar-refractivity contribution in [3.63, 3.8) is 0 Å². The number of rotatable bonds is 2. The summed E-state index contributed by atoms with van der Waals surface area (Å²) in [6.45, 7) is 3.92. The van der Waals surface area contributed by atoms with Crippen LogP contribution in [-0.4, -0.2) is 32.7 Å². The van der Waals surface area contributed by atoms with Crippen LogP contribution in [0, 0.1) is 6.92 Å². The molecule has 0 fully saturated rings. The number of pyridine rings is 3. The lowest BCUT2D eigenvalue weighted by Gasteiger charge is -2.31. The Bertz CT molecular complexity index is 1960. The number of benzene rings is 2. The molecule has 3 aromatic heterocycles. The van der Waals surface area contributed by atoms with Crippen molar-refractivity contribution < 1.29 is 19.4 Å². The van der Waals surface area contributed by atoms with Crippen LogP contribution in [-0.2, 0) is 28.3 Å². The van der Waals surface area contributed by atoms with Gasteiger partial charge in [-0.1, -0.05) is 37.3 Å². The molecule has 40 heavy (non-hydrogen) atoms. The largest absolute Gasteiger partial charge is 0.495 e. The Morgan fingerprint density at radius 2 is 1.90 bits per heavy atom. The Morgan fingerprint density at radius 3 is 2.67 bits per heavy atom. The van der Waals surface area contributed by atoms with Crippen LogP contribution in [0.5, 0.6) is 5.75 Å². The van der Waals surface area contributed by atoms with Gasteiger partial charge in [0.25, 0.3) is 5.56 Å². The van der Waals surface area contributed by atoms with E-state index in [1.54, 1.807) is 30.7 Å². The minimum Gasteiger partial charge on any atom is -0.495 e. The molecule has 1 atom stereocenters. The molecule has 5 aromatic rings. The van der Waals surface area contributed by atoms with Gasteiger partial charge in [0.2, 0.25) is 5.56 Å². The summed E-state index contributed by atoms with van der Waals surface area (Å²) in [7, 11) is 1.59. The van der Waals surface area contributed by atoms with Gasteiger partial charge >= 0.3 is 5.97 Å². The topological polar surface area (TPSA) is 124 Å². The van der Waals surface area contributed by atoms with Crippen molar-refractivity contribution in [1.82, 2.24) is 14.5 Å². The van der Waals surface area contributed by atoms with Crippen LogP contribution in [0.4, 0.5) is 0 Å². The SMILES string of the molecule is CCC1(O)C(=O)OCc2c1cc1n(c2=O)Cc2cc3ccccc3nc2-1.COc1cccc2c(C)cc(=O)[nH]c12. The van der Waals surface area contributed by atoms with Crippen molar-refractivity contribution in [2.45, 2.75) is 39.0 Å². The second-order valence-electron chi connectivity index (χ2n) is 9.99. The molecule has 2 aromatic carbocycles. The van der Waals surface area contributed by atoms with E-state index in [0.717, 1.165) is 38.6 Å². The van der Waals surface area contributed by atoms with Gasteiger partial charge in [-0.15, -0.1) is 0 Å². The fourth-order valence-electron chi connectivity index (χ4n) is 5.52. The smallest absolute Gasteiger partial charge is 0.343 e. The highest BCUT2D eigenvalue weighted by Crippen LogP contribution is 2.38. The van der Waals surface area contributed by atoms with Crippen LogP contribution in [0.1, 0.15) is 35.6 Å². The number of carbonyl (C=O) groups is 1. The number of nitrogens with zero attached hydrogens (tertiary/aromatic N) is 2. The minimum absolute atomic E-state index is 0.0977. The highest BCUT2D eigenvalue weighted by atomic mass is 16.6. The van der Waals surface area contributed by atoms with Gasteiger partial charge in [-0.2, -0.15) is 0 Å². The number of esters is 1. The summed E-state index contributed by atoms with van der Waals surface area (Å²) in [5.41, 5.74) is 3.44. The van der Waals surface area contributed by atoms with Crippen molar-refractivity contribution in [3.8, 4) is 17.1 Å². The van der Waals surface area contributed by atoms with E-state index in [2.05, 4.69) is 4.98 Å². The molecule has 0 amide bonds. The van der Waals surface area contributed by atoms with Crippen molar-refractivity contribution >= 4 is 27.8 Å². The maximum Gasteiger partial charge on any atom is 0.343 e. The number of methoxy groups -OCH3 is 1. The van der Waals surface area contributed by atoms with Gasteiger partial charge in [0.15, 0.2) is 5.60 Å². The average Bonchev–Trinajstić information content (AvgIpc) is 3.32. The molecule has 0 saturated heterocycles. The maximum absolute atomic E-state index is 13.0. The van der Waals surface area contributed by atoms with Crippen molar-refractivity contribution in [3.05, 3.63) is 104 Å². The highest BCUT2D eigenvalue weighted by Gasteiger charge is 2.45. The number of ether oxygens (including phenoxy) is 2. The first-order chi connectivity index (χ1) is 19.2. The molecule has 2 aliphatic rings. The van der Waals surface area contributed by atoms with Gasteiger partial charge in [0, 0.05) is 28.0 Å². The molecule has 2 N–H and O–H groups in total. The third-order valence-corrected chi connectivity index (χ3v) is 7.68. The molecular weight excluding hydrogens is 510 g/mol. The molecule has 0 bridgehead atoms. The van der Waals surface area contributed by atoms with E-state index in [1.807, 2.05) is 55.5 Å². The number of aromatic amines is 1. The van der Waals surface area contributed by atoms with Crippen LogP contribution in [0.3, 0.4) is 0 Å². The molecule has 0 saturated carbocycles. The van der Waals surface area contributed by atoms with Crippen molar-refractivity contribution in [1.29, 1.82) is 0 Å². The number of cyclic esters (lactones) is 1. The number of nitrogens with one attached hydrogen (secondary N) is 1. The van der Waals surface area contributed by atoms with Crippen molar-refractivity contribution in [2.75, 3.05) is 7.11 Å². The van der Waals surface area contributed by atoms with Crippen molar-refractivity contribution in [2.24, 2.45) is 0 Å². The monoisotopic (exact) mass is 537 g/mol. The molecule has 5 heterocycles. The number of aryl methyl sites for hydroxylation is 1. The summed E-state index contributed by atoms with van der Waals surface area (Å²) in [5.74, 6) is -0.00941. The number of fused-ring (bicyclic) bond motifs is 6. The second kappa shape index (κ2) is 9.46. The van der Waals surface area contributed by atoms with Crippen LogP contribution in [0.15, 0.2) is 70.3 Å². The fourth-order valence-corrected chi connectivity index (χ4v) is 5.52. The van der Waals surface area contributed by atoms with Crippen LogP contribution >= 0.6 is 0 Å².